The quantitative estimate of drug-likeness (QED) is 0.0837. The smallest absolute Gasteiger partial charge is 0.217 e. The first-order chi connectivity index (χ1) is 18.5. The molecule has 0 atom stereocenters. The maximum Gasteiger partial charge on any atom is 0.217 e. The highest BCUT2D eigenvalue weighted by atomic mass is 16.1. The Labute approximate surface area is 238 Å². The highest BCUT2D eigenvalue weighted by Crippen LogP contribution is 2.19. The second-order valence-electron chi connectivity index (χ2n) is 12.3. The van der Waals surface area contributed by atoms with E-state index in [2.05, 4.69) is 6.92 Å². The van der Waals surface area contributed by atoms with Gasteiger partial charge in [-0.3, -0.25) is 9.59 Å². The number of nitrogens with two attached hydrogens (primary N) is 2. The molecule has 0 heterocycles. The summed E-state index contributed by atoms with van der Waals surface area (Å²) in [5, 5.41) is 0. The number of primary amides is 2. The molecule has 0 saturated carbocycles. The molecule has 0 spiro atoms. The van der Waals surface area contributed by atoms with Crippen LogP contribution in [-0.4, -0.2) is 11.8 Å². The third-order valence-electron chi connectivity index (χ3n) is 8.24. The number of carbonyl (C=O) groups is 2. The van der Waals surface area contributed by atoms with Crippen LogP contribution in [0.25, 0.3) is 0 Å². The maximum absolute atomic E-state index is 10.7. The third-order valence-corrected chi connectivity index (χ3v) is 8.24. The Balaban J connectivity index is 3.16. The largest absolute Gasteiger partial charge is 0.370 e. The van der Waals surface area contributed by atoms with Crippen molar-refractivity contribution in [1.29, 1.82) is 0 Å². The molecule has 0 bridgehead atoms. The Morgan fingerprint density at radius 3 is 0.763 bits per heavy atom. The van der Waals surface area contributed by atoms with E-state index in [1.165, 1.54) is 154 Å². The Morgan fingerprint density at radius 2 is 0.553 bits per heavy atom. The lowest BCUT2D eigenvalue weighted by Gasteiger charge is -2.11. The standard InChI is InChI=1S/C34H68N2O2/c1-32(28-24-20-16-12-8-4-2-6-10-14-18-22-26-30-33(35)37)29-25-21-17-13-9-5-3-7-11-15-19-23-27-31-34(36)38/h32H,2-31H2,1H3,(H2,35,37)(H2,36,38). The van der Waals surface area contributed by atoms with Gasteiger partial charge < -0.3 is 11.5 Å². The number of hydrogen-bond acceptors (Lipinski definition) is 2. The number of hydrogen-bond donors (Lipinski definition) is 2. The predicted octanol–water partition coefficient (Wildman–Crippen LogP) is 10.3. The lowest BCUT2D eigenvalue weighted by Crippen LogP contribution is -2.09. The molecule has 0 aromatic carbocycles. The fraction of sp³-hybridized carbons (Fsp3) is 0.941. The van der Waals surface area contributed by atoms with Crippen molar-refractivity contribution >= 4 is 11.8 Å². The molecule has 4 nitrogen and oxygen atoms in total. The maximum atomic E-state index is 10.7. The number of unbranched alkanes of at least 4 members (excludes halogenated alkanes) is 24. The first-order valence-electron chi connectivity index (χ1n) is 17.1. The zero-order valence-electron chi connectivity index (χ0n) is 25.8. The van der Waals surface area contributed by atoms with Crippen molar-refractivity contribution in [2.75, 3.05) is 0 Å². The van der Waals surface area contributed by atoms with E-state index >= 15 is 0 Å². The fourth-order valence-corrected chi connectivity index (χ4v) is 5.62. The Hall–Kier alpha value is -1.06. The highest BCUT2D eigenvalue weighted by molar-refractivity contribution is 5.73. The summed E-state index contributed by atoms with van der Waals surface area (Å²) in [6, 6.07) is 0. The van der Waals surface area contributed by atoms with Crippen molar-refractivity contribution in [3.63, 3.8) is 0 Å². The summed E-state index contributed by atoms with van der Waals surface area (Å²) in [6.45, 7) is 2.47. The van der Waals surface area contributed by atoms with Gasteiger partial charge in [0.05, 0.1) is 0 Å². The monoisotopic (exact) mass is 537 g/mol. The molecule has 38 heavy (non-hydrogen) atoms. The van der Waals surface area contributed by atoms with Crippen molar-refractivity contribution in [2.45, 2.75) is 200 Å². The van der Waals surface area contributed by atoms with Gasteiger partial charge in [0.1, 0.15) is 0 Å². The zero-order chi connectivity index (χ0) is 27.9. The second kappa shape index (κ2) is 30.5. The van der Waals surface area contributed by atoms with Gasteiger partial charge in [0.2, 0.25) is 11.8 Å². The molecule has 0 rings (SSSR count). The highest BCUT2D eigenvalue weighted by Gasteiger charge is 2.03. The van der Waals surface area contributed by atoms with E-state index in [0.717, 1.165) is 31.6 Å². The molecule has 0 saturated heterocycles. The third kappa shape index (κ3) is 33.0. The van der Waals surface area contributed by atoms with Gasteiger partial charge in [-0.1, -0.05) is 174 Å². The average molecular weight is 537 g/mol. The average Bonchev–Trinajstić information content (AvgIpc) is 2.88. The number of amides is 2. The van der Waals surface area contributed by atoms with E-state index in [4.69, 9.17) is 11.5 Å². The van der Waals surface area contributed by atoms with Gasteiger partial charge in [0.25, 0.3) is 0 Å². The molecule has 0 radical (unpaired) electrons. The second-order valence-corrected chi connectivity index (χ2v) is 12.3. The molecule has 0 fully saturated rings. The van der Waals surface area contributed by atoms with Crippen LogP contribution in [-0.2, 0) is 9.59 Å². The van der Waals surface area contributed by atoms with Gasteiger partial charge >= 0.3 is 0 Å². The van der Waals surface area contributed by atoms with Crippen LogP contribution in [0, 0.1) is 5.92 Å². The van der Waals surface area contributed by atoms with Crippen LogP contribution in [0.5, 0.6) is 0 Å². The van der Waals surface area contributed by atoms with Crippen molar-refractivity contribution in [2.24, 2.45) is 17.4 Å². The summed E-state index contributed by atoms with van der Waals surface area (Å²) in [6.07, 6.45) is 38.9. The minimum absolute atomic E-state index is 0.155. The van der Waals surface area contributed by atoms with Gasteiger partial charge in [0.15, 0.2) is 0 Å². The molecule has 0 aliphatic rings. The van der Waals surface area contributed by atoms with Crippen LogP contribution in [0.3, 0.4) is 0 Å². The van der Waals surface area contributed by atoms with Crippen molar-refractivity contribution in [3.8, 4) is 0 Å². The summed E-state index contributed by atoms with van der Waals surface area (Å²) in [5.41, 5.74) is 10.3. The minimum Gasteiger partial charge on any atom is -0.370 e. The van der Waals surface area contributed by atoms with Crippen LogP contribution in [0.2, 0.25) is 0 Å². The van der Waals surface area contributed by atoms with Crippen LogP contribution in [0.15, 0.2) is 0 Å². The Morgan fingerprint density at radius 1 is 0.368 bits per heavy atom. The van der Waals surface area contributed by atoms with E-state index in [1.807, 2.05) is 0 Å². The van der Waals surface area contributed by atoms with E-state index in [9.17, 15) is 9.59 Å². The molecule has 0 aromatic rings. The van der Waals surface area contributed by atoms with E-state index in [0.29, 0.717) is 12.8 Å². The molecule has 0 aliphatic heterocycles. The molecule has 226 valence electrons. The summed E-state index contributed by atoms with van der Waals surface area (Å²) in [7, 11) is 0. The molecule has 0 aromatic heterocycles. The minimum atomic E-state index is -0.155. The predicted molar refractivity (Wildman–Crippen MR) is 166 cm³/mol. The SMILES string of the molecule is CC(CCCCCCCCCCCCCCCC(N)=O)CCCCCCCCCCCCCCCC(N)=O. The van der Waals surface area contributed by atoms with Crippen LogP contribution >= 0.6 is 0 Å². The summed E-state index contributed by atoms with van der Waals surface area (Å²) < 4.78 is 0. The molecular weight excluding hydrogens is 468 g/mol. The molecule has 0 unspecified atom stereocenters. The Kier molecular flexibility index (Phi) is 29.6. The van der Waals surface area contributed by atoms with E-state index in [-0.39, 0.29) is 11.8 Å². The first kappa shape index (κ1) is 36.9. The van der Waals surface area contributed by atoms with Gasteiger partial charge in [-0.2, -0.15) is 0 Å². The van der Waals surface area contributed by atoms with Crippen molar-refractivity contribution < 1.29 is 9.59 Å². The van der Waals surface area contributed by atoms with Gasteiger partial charge in [0, 0.05) is 12.8 Å². The molecule has 2 amide bonds. The fourth-order valence-electron chi connectivity index (χ4n) is 5.62. The normalized spacial score (nSPS) is 11.4. The van der Waals surface area contributed by atoms with Gasteiger partial charge in [-0.15, -0.1) is 0 Å². The lowest BCUT2D eigenvalue weighted by molar-refractivity contribution is -0.119. The lowest BCUT2D eigenvalue weighted by atomic mass is 9.95. The molecular formula is C34H68N2O2. The van der Waals surface area contributed by atoms with E-state index in [1.54, 1.807) is 0 Å². The molecule has 4 heteroatoms. The van der Waals surface area contributed by atoms with Gasteiger partial charge in [-0.05, 0) is 18.8 Å². The van der Waals surface area contributed by atoms with Crippen molar-refractivity contribution in [3.05, 3.63) is 0 Å². The molecule has 4 N–H and O–H groups in total. The topological polar surface area (TPSA) is 86.2 Å². The summed E-state index contributed by atoms with van der Waals surface area (Å²) in [5.74, 6) is 0.609. The summed E-state index contributed by atoms with van der Waals surface area (Å²) in [4.78, 5) is 21.4. The number of carbonyl (C=O) groups excluding carboxylic acids is 2. The van der Waals surface area contributed by atoms with Crippen molar-refractivity contribution in [1.82, 2.24) is 0 Å². The number of rotatable bonds is 32. The summed E-state index contributed by atoms with van der Waals surface area (Å²) >= 11 is 0. The molecule has 0 aliphatic carbocycles. The zero-order valence-corrected chi connectivity index (χ0v) is 25.8. The van der Waals surface area contributed by atoms with Gasteiger partial charge in [-0.25, -0.2) is 0 Å². The van der Waals surface area contributed by atoms with Crippen LogP contribution < -0.4 is 11.5 Å². The van der Waals surface area contributed by atoms with E-state index < -0.39 is 0 Å². The van der Waals surface area contributed by atoms with Crippen LogP contribution in [0.4, 0.5) is 0 Å². The first-order valence-corrected chi connectivity index (χ1v) is 17.1. The van der Waals surface area contributed by atoms with Crippen LogP contribution in [0.1, 0.15) is 200 Å². The Bertz CT molecular complexity index is 465.